The molecule has 3 aromatic rings. The van der Waals surface area contributed by atoms with E-state index in [9.17, 15) is 0 Å². The molecule has 1 fully saturated rings. The third-order valence-electron chi connectivity index (χ3n) is 4.38. The second-order valence-corrected chi connectivity index (χ2v) is 7.32. The number of aryl methyl sites for hydroxylation is 2. The molecule has 2 aromatic heterocycles. The average molecular weight is 324 g/mol. The molecule has 0 unspecified atom stereocenters. The van der Waals surface area contributed by atoms with Crippen molar-refractivity contribution in [3.05, 3.63) is 47.1 Å². The highest BCUT2D eigenvalue weighted by atomic mass is 32.1. The van der Waals surface area contributed by atoms with Gasteiger partial charge in [0.25, 0.3) is 0 Å². The number of piperazine rings is 1. The summed E-state index contributed by atoms with van der Waals surface area (Å²) >= 11 is 1.74. The van der Waals surface area contributed by atoms with Crippen LogP contribution in [0, 0.1) is 13.8 Å². The van der Waals surface area contributed by atoms with E-state index in [0.717, 1.165) is 36.8 Å². The van der Waals surface area contributed by atoms with Gasteiger partial charge in [-0.1, -0.05) is 12.1 Å². The van der Waals surface area contributed by atoms with Crippen molar-refractivity contribution in [2.75, 3.05) is 36.0 Å². The van der Waals surface area contributed by atoms with Gasteiger partial charge in [0.1, 0.15) is 17.0 Å². The van der Waals surface area contributed by atoms with Crippen LogP contribution in [0.25, 0.3) is 10.2 Å². The number of anilines is 2. The van der Waals surface area contributed by atoms with Crippen LogP contribution in [0.5, 0.6) is 0 Å². The highest BCUT2D eigenvalue weighted by Crippen LogP contribution is 2.30. The third-order valence-corrected chi connectivity index (χ3v) is 5.34. The van der Waals surface area contributed by atoms with Crippen LogP contribution in [-0.4, -0.2) is 36.1 Å². The zero-order valence-electron chi connectivity index (χ0n) is 13.5. The van der Waals surface area contributed by atoms with Crippen LogP contribution in [0.1, 0.15) is 10.4 Å². The van der Waals surface area contributed by atoms with E-state index in [2.05, 4.69) is 63.9 Å². The summed E-state index contributed by atoms with van der Waals surface area (Å²) in [6.07, 6.45) is 1.69. The molecule has 0 amide bonds. The first kappa shape index (κ1) is 14.5. The molecule has 1 aromatic carbocycles. The van der Waals surface area contributed by atoms with E-state index in [4.69, 9.17) is 0 Å². The lowest BCUT2D eigenvalue weighted by Crippen LogP contribution is -2.46. The van der Waals surface area contributed by atoms with Crippen molar-refractivity contribution in [2.45, 2.75) is 13.8 Å². The van der Waals surface area contributed by atoms with Crippen LogP contribution in [0.4, 0.5) is 11.5 Å². The maximum atomic E-state index is 4.56. The van der Waals surface area contributed by atoms with Gasteiger partial charge in [-0.3, -0.25) is 0 Å². The standard InChI is InChI=1S/C18H20N4S/c1-13-4-3-5-15(10-13)21-6-8-22(9-7-21)17-16-11-14(2)23-18(16)20-12-19-17/h3-5,10-12H,6-9H2,1-2H3. The van der Waals surface area contributed by atoms with Crippen molar-refractivity contribution in [3.8, 4) is 0 Å². The normalized spacial score (nSPS) is 15.4. The number of aromatic nitrogens is 2. The van der Waals surface area contributed by atoms with E-state index in [1.165, 1.54) is 21.5 Å². The summed E-state index contributed by atoms with van der Waals surface area (Å²) in [5.41, 5.74) is 2.64. The number of benzene rings is 1. The van der Waals surface area contributed by atoms with Crippen LogP contribution in [-0.2, 0) is 0 Å². The number of nitrogens with zero attached hydrogens (tertiary/aromatic N) is 4. The molecule has 0 radical (unpaired) electrons. The zero-order valence-corrected chi connectivity index (χ0v) is 14.3. The molecule has 23 heavy (non-hydrogen) atoms. The summed E-state index contributed by atoms with van der Waals surface area (Å²) in [5, 5.41) is 1.19. The Balaban J connectivity index is 1.55. The second-order valence-electron chi connectivity index (χ2n) is 6.09. The minimum absolute atomic E-state index is 0.995. The minimum atomic E-state index is 0.995. The first-order valence-corrected chi connectivity index (χ1v) is 8.80. The van der Waals surface area contributed by atoms with Crippen molar-refractivity contribution in [1.29, 1.82) is 0 Å². The van der Waals surface area contributed by atoms with Crippen LogP contribution in [0.15, 0.2) is 36.7 Å². The molecular weight excluding hydrogens is 304 g/mol. The van der Waals surface area contributed by atoms with E-state index in [1.807, 2.05) is 0 Å². The molecule has 0 saturated carbocycles. The molecule has 1 aliphatic heterocycles. The summed E-state index contributed by atoms with van der Waals surface area (Å²) in [4.78, 5) is 16.2. The Morgan fingerprint density at radius 1 is 0.957 bits per heavy atom. The van der Waals surface area contributed by atoms with Gasteiger partial charge in [0.05, 0.1) is 5.39 Å². The van der Waals surface area contributed by atoms with E-state index >= 15 is 0 Å². The topological polar surface area (TPSA) is 32.3 Å². The number of rotatable bonds is 2. The molecule has 1 saturated heterocycles. The van der Waals surface area contributed by atoms with E-state index < -0.39 is 0 Å². The largest absolute Gasteiger partial charge is 0.368 e. The Hall–Kier alpha value is -2.14. The molecule has 1 aliphatic rings. The Morgan fingerprint density at radius 2 is 1.74 bits per heavy atom. The van der Waals surface area contributed by atoms with E-state index in [-0.39, 0.29) is 0 Å². The van der Waals surface area contributed by atoms with Crippen molar-refractivity contribution >= 4 is 33.1 Å². The number of hydrogen-bond donors (Lipinski definition) is 0. The summed E-state index contributed by atoms with van der Waals surface area (Å²) in [7, 11) is 0. The van der Waals surface area contributed by atoms with Gasteiger partial charge in [-0.05, 0) is 37.6 Å². The van der Waals surface area contributed by atoms with E-state index in [1.54, 1.807) is 17.7 Å². The summed E-state index contributed by atoms with van der Waals surface area (Å²) < 4.78 is 0. The Morgan fingerprint density at radius 3 is 2.52 bits per heavy atom. The van der Waals surface area contributed by atoms with Gasteiger partial charge in [0.15, 0.2) is 0 Å². The first-order chi connectivity index (χ1) is 11.2. The molecule has 3 heterocycles. The maximum Gasteiger partial charge on any atom is 0.140 e. The Bertz CT molecular complexity index is 834. The lowest BCUT2D eigenvalue weighted by molar-refractivity contribution is 0.649. The molecule has 4 nitrogen and oxygen atoms in total. The minimum Gasteiger partial charge on any atom is -0.368 e. The lowest BCUT2D eigenvalue weighted by Gasteiger charge is -2.37. The van der Waals surface area contributed by atoms with Crippen molar-refractivity contribution in [3.63, 3.8) is 0 Å². The molecule has 0 aliphatic carbocycles. The SMILES string of the molecule is Cc1cccc(N2CCN(c3ncnc4sc(C)cc34)CC2)c1. The Kier molecular flexibility index (Phi) is 3.65. The average Bonchev–Trinajstić information content (AvgIpc) is 2.95. The van der Waals surface area contributed by atoms with E-state index in [0.29, 0.717) is 0 Å². The van der Waals surface area contributed by atoms with Crippen molar-refractivity contribution < 1.29 is 0 Å². The van der Waals surface area contributed by atoms with Crippen LogP contribution in [0.3, 0.4) is 0 Å². The quantitative estimate of drug-likeness (QED) is 0.720. The fraction of sp³-hybridized carbons (Fsp3) is 0.333. The summed E-state index contributed by atoms with van der Waals surface area (Å²) in [6, 6.07) is 11.0. The zero-order chi connectivity index (χ0) is 15.8. The van der Waals surface area contributed by atoms with Gasteiger partial charge in [-0.15, -0.1) is 11.3 Å². The fourth-order valence-corrected chi connectivity index (χ4v) is 4.06. The van der Waals surface area contributed by atoms with Crippen LogP contribution in [0.2, 0.25) is 0 Å². The lowest BCUT2D eigenvalue weighted by atomic mass is 10.2. The molecule has 0 atom stereocenters. The van der Waals surface area contributed by atoms with Crippen molar-refractivity contribution in [2.24, 2.45) is 0 Å². The highest BCUT2D eigenvalue weighted by Gasteiger charge is 2.20. The number of thiophene rings is 1. The van der Waals surface area contributed by atoms with Gasteiger partial charge >= 0.3 is 0 Å². The molecular formula is C18H20N4S. The monoisotopic (exact) mass is 324 g/mol. The number of hydrogen-bond acceptors (Lipinski definition) is 5. The predicted molar refractivity (Wildman–Crippen MR) is 97.8 cm³/mol. The molecule has 0 N–H and O–H groups in total. The summed E-state index contributed by atoms with van der Waals surface area (Å²) in [6.45, 7) is 8.32. The molecule has 0 bridgehead atoms. The van der Waals surface area contributed by atoms with Crippen LogP contribution >= 0.6 is 11.3 Å². The van der Waals surface area contributed by atoms with Gasteiger partial charge < -0.3 is 9.80 Å². The van der Waals surface area contributed by atoms with Crippen molar-refractivity contribution in [1.82, 2.24) is 9.97 Å². The second kappa shape index (κ2) is 5.81. The molecule has 118 valence electrons. The highest BCUT2D eigenvalue weighted by molar-refractivity contribution is 7.18. The van der Waals surface area contributed by atoms with Gasteiger partial charge in [0, 0.05) is 36.7 Å². The molecule has 5 heteroatoms. The van der Waals surface area contributed by atoms with Crippen LogP contribution < -0.4 is 9.80 Å². The van der Waals surface area contributed by atoms with Gasteiger partial charge in [-0.25, -0.2) is 9.97 Å². The summed E-state index contributed by atoms with van der Waals surface area (Å²) in [5.74, 6) is 1.09. The Labute approximate surface area is 140 Å². The number of fused-ring (bicyclic) bond motifs is 1. The smallest absolute Gasteiger partial charge is 0.140 e. The third kappa shape index (κ3) is 2.77. The first-order valence-electron chi connectivity index (χ1n) is 7.98. The van der Waals surface area contributed by atoms with Gasteiger partial charge in [0.2, 0.25) is 0 Å². The van der Waals surface area contributed by atoms with Gasteiger partial charge in [-0.2, -0.15) is 0 Å². The molecule has 0 spiro atoms. The molecule has 4 rings (SSSR count). The fourth-order valence-electron chi connectivity index (χ4n) is 3.22. The maximum absolute atomic E-state index is 4.56. The predicted octanol–water partition coefficient (Wildman–Crippen LogP) is 3.63.